The minimum absolute atomic E-state index is 0.257. The minimum atomic E-state index is 0.257. The van der Waals surface area contributed by atoms with E-state index in [1.165, 1.54) is 43.4 Å². The summed E-state index contributed by atoms with van der Waals surface area (Å²) in [7, 11) is 4.26. The lowest BCUT2D eigenvalue weighted by molar-refractivity contribution is 0.0932. The molecule has 2 aliphatic rings. The molecule has 1 heterocycles. The fourth-order valence-corrected chi connectivity index (χ4v) is 3.72. The maximum absolute atomic E-state index is 12.5. The van der Waals surface area contributed by atoms with Crippen LogP contribution in [0.2, 0.25) is 0 Å². The Balaban J connectivity index is 1.58. The van der Waals surface area contributed by atoms with E-state index in [-0.39, 0.29) is 5.78 Å². The standard InChI is InChI=1S/C18H26N2O/c1-19(12-17-7-4-10-20(17)2)13-18(21)16-9-8-14-5-3-6-15(14)11-16/h8-9,11,17H,3-7,10,12-13H2,1-2H3. The van der Waals surface area contributed by atoms with Crippen LogP contribution in [-0.2, 0) is 12.8 Å². The van der Waals surface area contributed by atoms with Crippen LogP contribution in [0.25, 0.3) is 0 Å². The van der Waals surface area contributed by atoms with Gasteiger partial charge in [-0.2, -0.15) is 0 Å². The highest BCUT2D eigenvalue weighted by Crippen LogP contribution is 2.23. The summed E-state index contributed by atoms with van der Waals surface area (Å²) in [5.74, 6) is 0.257. The summed E-state index contributed by atoms with van der Waals surface area (Å²) in [4.78, 5) is 17.1. The first-order valence-electron chi connectivity index (χ1n) is 8.17. The predicted molar refractivity (Wildman–Crippen MR) is 85.9 cm³/mol. The third-order valence-electron chi connectivity index (χ3n) is 5.03. The SMILES string of the molecule is CN(CC(=O)c1ccc2c(c1)CCC2)CC1CCCN1C. The summed E-state index contributed by atoms with van der Waals surface area (Å²) < 4.78 is 0. The number of fused-ring (bicyclic) bond motifs is 1. The summed E-state index contributed by atoms with van der Waals surface area (Å²) in [6.45, 7) is 2.72. The largest absolute Gasteiger partial charge is 0.302 e. The highest BCUT2D eigenvalue weighted by molar-refractivity contribution is 5.97. The number of rotatable bonds is 5. The molecule has 114 valence electrons. The van der Waals surface area contributed by atoms with Gasteiger partial charge in [-0.15, -0.1) is 0 Å². The highest BCUT2D eigenvalue weighted by atomic mass is 16.1. The van der Waals surface area contributed by atoms with Crippen LogP contribution >= 0.6 is 0 Å². The van der Waals surface area contributed by atoms with Gasteiger partial charge in [0.1, 0.15) is 0 Å². The smallest absolute Gasteiger partial charge is 0.176 e. The molecule has 0 radical (unpaired) electrons. The summed E-state index contributed by atoms with van der Waals surface area (Å²) >= 11 is 0. The van der Waals surface area contributed by atoms with Gasteiger partial charge in [0.15, 0.2) is 5.78 Å². The van der Waals surface area contributed by atoms with Gasteiger partial charge in [0.2, 0.25) is 0 Å². The maximum Gasteiger partial charge on any atom is 0.176 e. The molecule has 3 heteroatoms. The molecular formula is C18H26N2O. The number of benzene rings is 1. The van der Waals surface area contributed by atoms with Gasteiger partial charge in [0.25, 0.3) is 0 Å². The Bertz CT molecular complexity index is 526. The van der Waals surface area contributed by atoms with Crippen LogP contribution in [0.3, 0.4) is 0 Å². The Labute approximate surface area is 127 Å². The fourth-order valence-electron chi connectivity index (χ4n) is 3.72. The molecule has 0 spiro atoms. The highest BCUT2D eigenvalue weighted by Gasteiger charge is 2.23. The molecule has 1 aliphatic carbocycles. The number of likely N-dealkylation sites (tertiary alicyclic amines) is 1. The Morgan fingerprint density at radius 2 is 2.10 bits per heavy atom. The lowest BCUT2D eigenvalue weighted by atomic mass is 10.0. The first kappa shape index (κ1) is 14.7. The average Bonchev–Trinajstić information content (AvgIpc) is 3.07. The Morgan fingerprint density at radius 3 is 2.86 bits per heavy atom. The van der Waals surface area contributed by atoms with Crippen LogP contribution in [-0.4, -0.2) is 55.4 Å². The van der Waals surface area contributed by atoms with Gasteiger partial charge in [-0.05, 0) is 69.9 Å². The van der Waals surface area contributed by atoms with Crippen molar-refractivity contribution in [2.45, 2.75) is 38.1 Å². The molecule has 0 bridgehead atoms. The zero-order chi connectivity index (χ0) is 14.8. The Kier molecular flexibility index (Phi) is 4.41. The zero-order valence-corrected chi connectivity index (χ0v) is 13.3. The lowest BCUT2D eigenvalue weighted by Crippen LogP contribution is -2.38. The number of carbonyl (C=O) groups is 1. The molecule has 0 saturated carbocycles. The molecule has 1 aromatic rings. The third-order valence-corrected chi connectivity index (χ3v) is 5.03. The van der Waals surface area contributed by atoms with E-state index in [0.29, 0.717) is 12.6 Å². The fraction of sp³-hybridized carbons (Fsp3) is 0.611. The molecule has 21 heavy (non-hydrogen) atoms. The predicted octanol–water partition coefficient (Wildman–Crippen LogP) is 2.38. The second kappa shape index (κ2) is 6.29. The second-order valence-corrected chi connectivity index (χ2v) is 6.73. The molecule has 1 aromatic carbocycles. The van der Waals surface area contributed by atoms with E-state index >= 15 is 0 Å². The summed E-state index contributed by atoms with van der Waals surface area (Å²) in [5.41, 5.74) is 3.72. The number of ketones is 1. The summed E-state index contributed by atoms with van der Waals surface area (Å²) in [6, 6.07) is 6.91. The van der Waals surface area contributed by atoms with E-state index in [4.69, 9.17) is 0 Å². The molecule has 3 nitrogen and oxygen atoms in total. The topological polar surface area (TPSA) is 23.6 Å². The van der Waals surface area contributed by atoms with E-state index in [2.05, 4.69) is 36.0 Å². The quantitative estimate of drug-likeness (QED) is 0.777. The molecular weight excluding hydrogens is 260 g/mol. The van der Waals surface area contributed by atoms with Crippen molar-refractivity contribution in [2.75, 3.05) is 33.7 Å². The Hall–Kier alpha value is -1.19. The summed E-state index contributed by atoms with van der Waals surface area (Å²) in [6.07, 6.45) is 6.10. The molecule has 1 aliphatic heterocycles. The molecule has 3 rings (SSSR count). The van der Waals surface area contributed by atoms with E-state index in [0.717, 1.165) is 18.5 Å². The van der Waals surface area contributed by atoms with Crippen molar-refractivity contribution in [1.82, 2.24) is 9.80 Å². The van der Waals surface area contributed by atoms with Crippen molar-refractivity contribution < 1.29 is 4.79 Å². The number of likely N-dealkylation sites (N-methyl/N-ethyl adjacent to an activating group) is 2. The number of nitrogens with zero attached hydrogens (tertiary/aromatic N) is 2. The van der Waals surface area contributed by atoms with E-state index in [1.54, 1.807) is 0 Å². The van der Waals surface area contributed by atoms with Crippen LogP contribution in [0, 0.1) is 0 Å². The van der Waals surface area contributed by atoms with Gasteiger partial charge in [0.05, 0.1) is 6.54 Å². The zero-order valence-electron chi connectivity index (χ0n) is 13.3. The average molecular weight is 286 g/mol. The lowest BCUT2D eigenvalue weighted by Gasteiger charge is -2.25. The number of carbonyl (C=O) groups excluding carboxylic acids is 1. The van der Waals surface area contributed by atoms with Crippen molar-refractivity contribution in [3.63, 3.8) is 0 Å². The number of aryl methyl sites for hydroxylation is 2. The normalized spacial score (nSPS) is 22.0. The van der Waals surface area contributed by atoms with Crippen LogP contribution in [0.5, 0.6) is 0 Å². The molecule has 0 N–H and O–H groups in total. The van der Waals surface area contributed by atoms with Gasteiger partial charge in [-0.1, -0.05) is 12.1 Å². The van der Waals surface area contributed by atoms with Gasteiger partial charge >= 0.3 is 0 Å². The Morgan fingerprint density at radius 1 is 1.29 bits per heavy atom. The molecule has 1 atom stereocenters. The van der Waals surface area contributed by atoms with Crippen molar-refractivity contribution >= 4 is 5.78 Å². The van der Waals surface area contributed by atoms with E-state index in [1.807, 2.05) is 6.07 Å². The van der Waals surface area contributed by atoms with Crippen LogP contribution in [0.15, 0.2) is 18.2 Å². The van der Waals surface area contributed by atoms with Crippen LogP contribution in [0.1, 0.15) is 40.7 Å². The first-order chi connectivity index (χ1) is 10.1. The molecule has 0 amide bonds. The van der Waals surface area contributed by atoms with Crippen molar-refractivity contribution in [3.8, 4) is 0 Å². The van der Waals surface area contributed by atoms with Crippen LogP contribution < -0.4 is 0 Å². The molecule has 1 saturated heterocycles. The monoisotopic (exact) mass is 286 g/mol. The summed E-state index contributed by atoms with van der Waals surface area (Å²) in [5, 5.41) is 0. The van der Waals surface area contributed by atoms with Gasteiger partial charge in [-0.3, -0.25) is 9.69 Å². The van der Waals surface area contributed by atoms with Crippen molar-refractivity contribution in [2.24, 2.45) is 0 Å². The van der Waals surface area contributed by atoms with Crippen molar-refractivity contribution in [1.29, 1.82) is 0 Å². The second-order valence-electron chi connectivity index (χ2n) is 6.73. The molecule has 1 unspecified atom stereocenters. The van der Waals surface area contributed by atoms with Crippen LogP contribution in [0.4, 0.5) is 0 Å². The van der Waals surface area contributed by atoms with Gasteiger partial charge in [-0.25, -0.2) is 0 Å². The number of hydrogen-bond acceptors (Lipinski definition) is 3. The number of hydrogen-bond donors (Lipinski definition) is 0. The molecule has 0 aromatic heterocycles. The number of Topliss-reactive ketones (excluding diaryl/α,β-unsaturated/α-hetero) is 1. The minimum Gasteiger partial charge on any atom is -0.302 e. The molecule has 1 fully saturated rings. The first-order valence-corrected chi connectivity index (χ1v) is 8.17. The van der Waals surface area contributed by atoms with E-state index in [9.17, 15) is 4.79 Å². The maximum atomic E-state index is 12.5. The third kappa shape index (κ3) is 3.35. The van der Waals surface area contributed by atoms with E-state index < -0.39 is 0 Å². The van der Waals surface area contributed by atoms with Gasteiger partial charge < -0.3 is 4.90 Å². The van der Waals surface area contributed by atoms with Crippen molar-refractivity contribution in [3.05, 3.63) is 34.9 Å². The van der Waals surface area contributed by atoms with Gasteiger partial charge in [0, 0.05) is 18.2 Å².